The highest BCUT2D eigenvalue weighted by molar-refractivity contribution is 7.99. The summed E-state index contributed by atoms with van der Waals surface area (Å²) in [5.41, 5.74) is 1.11. The van der Waals surface area contributed by atoms with Crippen molar-refractivity contribution in [1.29, 1.82) is 0 Å². The largest absolute Gasteiger partial charge is 0.481 e. The summed E-state index contributed by atoms with van der Waals surface area (Å²) in [6.07, 6.45) is 5.78. The quantitative estimate of drug-likeness (QED) is 0.891. The predicted molar refractivity (Wildman–Crippen MR) is 71.0 cm³/mol. The minimum absolute atomic E-state index is 0.220. The number of thioether (sulfide) groups is 1. The van der Waals surface area contributed by atoms with Gasteiger partial charge in [0.05, 0.1) is 5.92 Å². The first-order valence-electron chi connectivity index (χ1n) is 6.60. The zero-order chi connectivity index (χ0) is 12.5. The highest BCUT2D eigenvalue weighted by atomic mass is 32.2. The molecule has 18 heavy (non-hydrogen) atoms. The Morgan fingerprint density at radius 1 is 1.50 bits per heavy atom. The molecule has 98 valence electrons. The van der Waals surface area contributed by atoms with Gasteiger partial charge in [-0.15, -0.1) is 0 Å². The lowest BCUT2D eigenvalue weighted by molar-refractivity contribution is -0.142. The summed E-state index contributed by atoms with van der Waals surface area (Å²) >= 11 is 2.01. The van der Waals surface area contributed by atoms with Crippen molar-refractivity contribution < 1.29 is 9.90 Å². The molecule has 2 unspecified atom stereocenters. The maximum absolute atomic E-state index is 11.0. The number of carboxylic acid groups (broad SMARTS) is 1. The number of nitrogens with zero attached hydrogens (tertiary/aromatic N) is 2. The fourth-order valence-corrected chi connectivity index (χ4v) is 4.11. The van der Waals surface area contributed by atoms with E-state index in [2.05, 4.69) is 9.55 Å². The van der Waals surface area contributed by atoms with Gasteiger partial charge in [0.25, 0.3) is 0 Å². The summed E-state index contributed by atoms with van der Waals surface area (Å²) in [5.74, 6) is 3.31. The lowest BCUT2D eigenvalue weighted by Gasteiger charge is -2.26. The molecule has 2 aliphatic rings. The Labute approximate surface area is 111 Å². The Morgan fingerprint density at radius 2 is 2.39 bits per heavy atom. The lowest BCUT2D eigenvalue weighted by atomic mass is 9.96. The molecule has 1 saturated heterocycles. The molecule has 5 heteroatoms. The van der Waals surface area contributed by atoms with Gasteiger partial charge in [-0.05, 0) is 25.0 Å². The molecule has 0 aromatic carbocycles. The first-order valence-corrected chi connectivity index (χ1v) is 7.76. The summed E-state index contributed by atoms with van der Waals surface area (Å²) in [6.45, 7) is 0.822. The molecule has 0 bridgehead atoms. The number of carboxylic acids is 1. The van der Waals surface area contributed by atoms with E-state index >= 15 is 0 Å². The zero-order valence-corrected chi connectivity index (χ0v) is 11.2. The molecule has 0 aliphatic carbocycles. The van der Waals surface area contributed by atoms with Gasteiger partial charge in [0.2, 0.25) is 0 Å². The Hall–Kier alpha value is -0.970. The van der Waals surface area contributed by atoms with E-state index in [1.807, 2.05) is 18.0 Å². The number of carbonyl (C=O) groups is 1. The number of fused-ring (bicyclic) bond motifs is 1. The molecule has 1 fully saturated rings. The third kappa shape index (κ3) is 2.16. The second-order valence-electron chi connectivity index (χ2n) is 5.20. The Kier molecular flexibility index (Phi) is 3.33. The standard InChI is InChI=1S/C13H18N2O2S/c16-13(17)9-3-4-15-11(6-9)7-14-12(15)10-2-1-5-18-8-10/h7,9-10H,1-6,8H2,(H,16,17). The number of aromatic nitrogens is 2. The summed E-state index contributed by atoms with van der Waals surface area (Å²) < 4.78 is 2.27. The van der Waals surface area contributed by atoms with E-state index in [1.54, 1.807) is 0 Å². The number of imidazole rings is 1. The van der Waals surface area contributed by atoms with Crippen molar-refractivity contribution >= 4 is 17.7 Å². The first kappa shape index (κ1) is 12.1. The number of rotatable bonds is 2. The third-order valence-corrected chi connectivity index (χ3v) is 5.22. The Balaban J connectivity index is 1.81. The molecule has 0 radical (unpaired) electrons. The molecule has 1 aromatic heterocycles. The van der Waals surface area contributed by atoms with Crippen LogP contribution in [0, 0.1) is 5.92 Å². The van der Waals surface area contributed by atoms with Crippen LogP contribution in [-0.2, 0) is 17.8 Å². The van der Waals surface area contributed by atoms with Crippen LogP contribution >= 0.6 is 11.8 Å². The van der Waals surface area contributed by atoms with E-state index in [0.29, 0.717) is 12.3 Å². The first-order chi connectivity index (χ1) is 8.75. The van der Waals surface area contributed by atoms with Gasteiger partial charge < -0.3 is 9.67 Å². The van der Waals surface area contributed by atoms with Crippen LogP contribution in [0.2, 0.25) is 0 Å². The molecule has 0 amide bonds. The number of hydrogen-bond acceptors (Lipinski definition) is 3. The molecule has 0 spiro atoms. The monoisotopic (exact) mass is 266 g/mol. The third-order valence-electron chi connectivity index (χ3n) is 4.00. The smallest absolute Gasteiger partial charge is 0.306 e. The van der Waals surface area contributed by atoms with Crippen LogP contribution in [-0.4, -0.2) is 32.1 Å². The van der Waals surface area contributed by atoms with Crippen molar-refractivity contribution in [2.45, 2.75) is 38.1 Å². The minimum atomic E-state index is -0.669. The molecule has 2 atom stereocenters. The van der Waals surface area contributed by atoms with E-state index in [1.165, 1.54) is 30.2 Å². The minimum Gasteiger partial charge on any atom is -0.481 e. The normalized spacial score (nSPS) is 27.8. The van der Waals surface area contributed by atoms with Crippen LogP contribution in [0.15, 0.2) is 6.20 Å². The van der Waals surface area contributed by atoms with Crippen molar-refractivity contribution in [3.05, 3.63) is 17.7 Å². The van der Waals surface area contributed by atoms with Crippen LogP contribution < -0.4 is 0 Å². The van der Waals surface area contributed by atoms with Crippen molar-refractivity contribution in [1.82, 2.24) is 9.55 Å². The van der Waals surface area contributed by atoms with Crippen molar-refractivity contribution in [3.8, 4) is 0 Å². The molecule has 1 N–H and O–H groups in total. The molecule has 2 aliphatic heterocycles. The second-order valence-corrected chi connectivity index (χ2v) is 6.35. The average molecular weight is 266 g/mol. The van der Waals surface area contributed by atoms with Crippen LogP contribution in [0.1, 0.15) is 36.7 Å². The molecule has 4 nitrogen and oxygen atoms in total. The average Bonchev–Trinajstić information content (AvgIpc) is 2.82. The molecule has 3 rings (SSSR count). The van der Waals surface area contributed by atoms with E-state index in [9.17, 15) is 4.79 Å². The highest BCUT2D eigenvalue weighted by Crippen LogP contribution is 2.33. The van der Waals surface area contributed by atoms with Crippen molar-refractivity contribution in [3.63, 3.8) is 0 Å². The SMILES string of the molecule is O=C(O)C1CCn2c(cnc2C2CCCSC2)C1. The predicted octanol–water partition coefficient (Wildman–Crippen LogP) is 2.14. The van der Waals surface area contributed by atoms with Gasteiger partial charge in [-0.2, -0.15) is 11.8 Å². The molecule has 1 aromatic rings. The zero-order valence-electron chi connectivity index (χ0n) is 10.3. The summed E-state index contributed by atoms with van der Waals surface area (Å²) in [5, 5.41) is 9.09. The Bertz CT molecular complexity index is 452. The van der Waals surface area contributed by atoms with Crippen molar-refractivity contribution in [2.24, 2.45) is 5.92 Å². The van der Waals surface area contributed by atoms with Crippen molar-refractivity contribution in [2.75, 3.05) is 11.5 Å². The van der Waals surface area contributed by atoms with Gasteiger partial charge in [-0.1, -0.05) is 0 Å². The van der Waals surface area contributed by atoms with E-state index in [-0.39, 0.29) is 5.92 Å². The topological polar surface area (TPSA) is 55.1 Å². The van der Waals surface area contributed by atoms with Crippen LogP contribution in [0.4, 0.5) is 0 Å². The lowest BCUT2D eigenvalue weighted by Crippen LogP contribution is -2.27. The maximum atomic E-state index is 11.0. The fourth-order valence-electron chi connectivity index (χ4n) is 2.97. The van der Waals surface area contributed by atoms with Gasteiger partial charge in [0.15, 0.2) is 0 Å². The molecule has 0 saturated carbocycles. The number of hydrogen-bond donors (Lipinski definition) is 1. The van der Waals surface area contributed by atoms with E-state index < -0.39 is 5.97 Å². The molecule has 3 heterocycles. The number of aliphatic carboxylic acids is 1. The summed E-state index contributed by atoms with van der Waals surface area (Å²) in [7, 11) is 0. The fraction of sp³-hybridized carbons (Fsp3) is 0.692. The van der Waals surface area contributed by atoms with E-state index in [4.69, 9.17) is 5.11 Å². The van der Waals surface area contributed by atoms with Gasteiger partial charge in [-0.25, -0.2) is 4.98 Å². The van der Waals surface area contributed by atoms with Gasteiger partial charge in [0, 0.05) is 36.5 Å². The van der Waals surface area contributed by atoms with E-state index in [0.717, 1.165) is 18.7 Å². The van der Waals surface area contributed by atoms with Gasteiger partial charge in [-0.3, -0.25) is 4.79 Å². The molecular weight excluding hydrogens is 248 g/mol. The Morgan fingerprint density at radius 3 is 3.11 bits per heavy atom. The molecular formula is C13H18N2O2S. The highest BCUT2D eigenvalue weighted by Gasteiger charge is 2.29. The van der Waals surface area contributed by atoms with Crippen LogP contribution in [0.5, 0.6) is 0 Å². The van der Waals surface area contributed by atoms with Crippen LogP contribution in [0.3, 0.4) is 0 Å². The summed E-state index contributed by atoms with van der Waals surface area (Å²) in [6, 6.07) is 0. The van der Waals surface area contributed by atoms with Crippen LogP contribution in [0.25, 0.3) is 0 Å². The second kappa shape index (κ2) is 4.96. The maximum Gasteiger partial charge on any atom is 0.306 e. The van der Waals surface area contributed by atoms with Gasteiger partial charge >= 0.3 is 5.97 Å². The summed E-state index contributed by atoms with van der Waals surface area (Å²) in [4.78, 5) is 15.6. The van der Waals surface area contributed by atoms with Gasteiger partial charge in [0.1, 0.15) is 5.82 Å².